The molecule has 3 rings (SSSR count). The molecule has 0 atom stereocenters. The Labute approximate surface area is 191 Å². The Morgan fingerprint density at radius 3 is 2.45 bits per heavy atom. The second kappa shape index (κ2) is 11.1. The van der Waals surface area contributed by atoms with E-state index in [0.717, 1.165) is 29.9 Å². The van der Waals surface area contributed by atoms with Gasteiger partial charge in [-0.25, -0.2) is 14.4 Å². The smallest absolute Gasteiger partial charge is 0.251 e. The summed E-state index contributed by atoms with van der Waals surface area (Å²) in [5.41, 5.74) is 2.46. The lowest BCUT2D eigenvalue weighted by atomic mass is 10.1. The van der Waals surface area contributed by atoms with Crippen LogP contribution in [0.25, 0.3) is 0 Å². The highest BCUT2D eigenvalue weighted by Gasteiger charge is 2.09. The molecule has 0 aliphatic heterocycles. The van der Waals surface area contributed by atoms with Gasteiger partial charge in [0, 0.05) is 37.5 Å². The van der Waals surface area contributed by atoms with Gasteiger partial charge in [0.05, 0.1) is 0 Å². The Morgan fingerprint density at radius 1 is 1.10 bits per heavy atom. The third-order valence-electron chi connectivity index (χ3n) is 4.56. The van der Waals surface area contributed by atoms with E-state index in [9.17, 15) is 9.18 Å². The number of hydrogen-bond acceptors (Lipinski definition) is 5. The third-order valence-corrected chi connectivity index (χ3v) is 5.67. The van der Waals surface area contributed by atoms with Gasteiger partial charge in [-0.05, 0) is 41.8 Å². The molecular weight excluding hydrogens is 435 g/mol. The van der Waals surface area contributed by atoms with Gasteiger partial charge in [0.15, 0.2) is 5.16 Å². The van der Waals surface area contributed by atoms with E-state index in [2.05, 4.69) is 27.1 Å². The molecule has 162 valence electrons. The first kappa shape index (κ1) is 23.0. The molecular formula is C23H24ClFN4OS. The predicted octanol–water partition coefficient (Wildman–Crippen LogP) is 5.34. The van der Waals surface area contributed by atoms with Crippen molar-refractivity contribution in [1.29, 1.82) is 0 Å². The van der Waals surface area contributed by atoms with Crippen LogP contribution in [0.5, 0.6) is 0 Å². The molecule has 1 heterocycles. The number of benzene rings is 2. The van der Waals surface area contributed by atoms with E-state index in [1.165, 1.54) is 23.9 Å². The predicted molar refractivity (Wildman–Crippen MR) is 124 cm³/mol. The van der Waals surface area contributed by atoms with Crippen molar-refractivity contribution in [3.63, 3.8) is 0 Å². The number of amides is 1. The number of halogens is 2. The standard InChI is InChI=1S/C23H24ClFN4OS/c1-3-12-29(2)21-13-20(24)27-23(28-21)31-15-17-4-8-18(9-5-17)22(30)26-14-16-6-10-19(25)11-7-16/h4-11,13H,3,12,14-15H2,1-2H3,(H,26,30). The highest BCUT2D eigenvalue weighted by molar-refractivity contribution is 7.98. The van der Waals surface area contributed by atoms with Gasteiger partial charge in [-0.15, -0.1) is 0 Å². The SMILES string of the molecule is CCCN(C)c1cc(Cl)nc(SCc2ccc(C(=O)NCc3ccc(F)cc3)cc2)n1. The number of aromatic nitrogens is 2. The number of rotatable bonds is 9. The van der Waals surface area contributed by atoms with Gasteiger partial charge in [-0.3, -0.25) is 4.79 Å². The molecule has 0 fully saturated rings. The third kappa shape index (κ3) is 6.94. The van der Waals surface area contributed by atoms with E-state index in [1.807, 2.05) is 19.2 Å². The van der Waals surface area contributed by atoms with Gasteiger partial charge in [0.2, 0.25) is 0 Å². The Kier molecular flexibility index (Phi) is 8.26. The Hall–Kier alpha value is -2.64. The molecule has 1 amide bonds. The maximum atomic E-state index is 13.0. The van der Waals surface area contributed by atoms with Crippen molar-refractivity contribution >= 4 is 35.1 Å². The fourth-order valence-electron chi connectivity index (χ4n) is 2.88. The van der Waals surface area contributed by atoms with Crippen LogP contribution >= 0.6 is 23.4 Å². The summed E-state index contributed by atoms with van der Waals surface area (Å²) in [5, 5.41) is 3.88. The summed E-state index contributed by atoms with van der Waals surface area (Å²) in [6, 6.07) is 15.2. The lowest BCUT2D eigenvalue weighted by Gasteiger charge is -2.17. The first-order valence-corrected chi connectivity index (χ1v) is 11.3. The topological polar surface area (TPSA) is 58.1 Å². The van der Waals surface area contributed by atoms with Crippen molar-refractivity contribution < 1.29 is 9.18 Å². The van der Waals surface area contributed by atoms with E-state index < -0.39 is 0 Å². The summed E-state index contributed by atoms with van der Waals surface area (Å²) in [6.45, 7) is 3.35. The first-order chi connectivity index (χ1) is 14.9. The molecule has 3 aromatic rings. The van der Waals surface area contributed by atoms with E-state index in [4.69, 9.17) is 11.6 Å². The normalized spacial score (nSPS) is 10.7. The largest absolute Gasteiger partial charge is 0.360 e. The minimum atomic E-state index is -0.295. The summed E-state index contributed by atoms with van der Waals surface area (Å²) in [6.07, 6.45) is 1.02. The van der Waals surface area contributed by atoms with E-state index in [0.29, 0.717) is 28.2 Å². The zero-order chi connectivity index (χ0) is 22.2. The number of hydrogen-bond donors (Lipinski definition) is 1. The van der Waals surface area contributed by atoms with E-state index >= 15 is 0 Å². The molecule has 0 bridgehead atoms. The lowest BCUT2D eigenvalue weighted by Crippen LogP contribution is -2.22. The van der Waals surface area contributed by atoms with Gasteiger partial charge in [-0.1, -0.05) is 54.6 Å². The number of thioether (sulfide) groups is 1. The number of anilines is 1. The van der Waals surface area contributed by atoms with Crippen LogP contribution in [-0.2, 0) is 12.3 Å². The number of carbonyl (C=O) groups is 1. The van der Waals surface area contributed by atoms with Crippen molar-refractivity contribution in [3.05, 3.63) is 82.3 Å². The van der Waals surface area contributed by atoms with Gasteiger partial charge in [0.1, 0.15) is 16.8 Å². The number of carbonyl (C=O) groups excluding carboxylic acids is 1. The molecule has 0 radical (unpaired) electrons. The molecule has 31 heavy (non-hydrogen) atoms. The molecule has 5 nitrogen and oxygen atoms in total. The Balaban J connectivity index is 1.55. The quantitative estimate of drug-likeness (QED) is 0.266. The summed E-state index contributed by atoms with van der Waals surface area (Å²) in [7, 11) is 1.98. The van der Waals surface area contributed by atoms with Crippen LogP contribution in [0, 0.1) is 5.82 Å². The van der Waals surface area contributed by atoms with E-state index in [-0.39, 0.29) is 11.7 Å². The Morgan fingerprint density at radius 2 is 1.77 bits per heavy atom. The van der Waals surface area contributed by atoms with Crippen LogP contribution in [0.3, 0.4) is 0 Å². The number of nitrogens with one attached hydrogen (secondary N) is 1. The molecule has 0 saturated heterocycles. The lowest BCUT2D eigenvalue weighted by molar-refractivity contribution is 0.0951. The van der Waals surface area contributed by atoms with Gasteiger partial charge < -0.3 is 10.2 Å². The highest BCUT2D eigenvalue weighted by atomic mass is 35.5. The van der Waals surface area contributed by atoms with Gasteiger partial charge >= 0.3 is 0 Å². The summed E-state index contributed by atoms with van der Waals surface area (Å²) >= 11 is 7.65. The van der Waals surface area contributed by atoms with Crippen LogP contribution in [0.2, 0.25) is 5.15 Å². The van der Waals surface area contributed by atoms with Crippen molar-refractivity contribution in [1.82, 2.24) is 15.3 Å². The van der Waals surface area contributed by atoms with Crippen LogP contribution < -0.4 is 10.2 Å². The van der Waals surface area contributed by atoms with E-state index in [1.54, 1.807) is 30.3 Å². The van der Waals surface area contributed by atoms with Gasteiger partial charge in [0.25, 0.3) is 5.91 Å². The molecule has 2 aromatic carbocycles. The maximum absolute atomic E-state index is 13.0. The second-order valence-electron chi connectivity index (χ2n) is 7.05. The molecule has 0 unspecified atom stereocenters. The van der Waals surface area contributed by atoms with Crippen LogP contribution in [0.15, 0.2) is 59.8 Å². The average Bonchev–Trinajstić information content (AvgIpc) is 2.77. The fourth-order valence-corrected chi connectivity index (χ4v) is 3.92. The zero-order valence-corrected chi connectivity index (χ0v) is 19.0. The second-order valence-corrected chi connectivity index (χ2v) is 8.38. The molecule has 0 spiro atoms. The molecule has 1 N–H and O–H groups in total. The molecule has 0 aliphatic carbocycles. The Bertz CT molecular complexity index is 1020. The van der Waals surface area contributed by atoms with Crippen molar-refractivity contribution in [2.75, 3.05) is 18.5 Å². The summed E-state index contributed by atoms with van der Waals surface area (Å²) in [5.74, 6) is 0.994. The molecule has 0 saturated carbocycles. The summed E-state index contributed by atoms with van der Waals surface area (Å²) in [4.78, 5) is 23.3. The van der Waals surface area contributed by atoms with Crippen LogP contribution in [0.4, 0.5) is 10.2 Å². The maximum Gasteiger partial charge on any atom is 0.251 e. The highest BCUT2D eigenvalue weighted by Crippen LogP contribution is 2.24. The molecule has 1 aromatic heterocycles. The minimum Gasteiger partial charge on any atom is -0.360 e. The first-order valence-electron chi connectivity index (χ1n) is 9.94. The monoisotopic (exact) mass is 458 g/mol. The van der Waals surface area contributed by atoms with Gasteiger partial charge in [-0.2, -0.15) is 0 Å². The molecule has 0 aliphatic rings. The average molecular weight is 459 g/mol. The molecule has 8 heteroatoms. The van der Waals surface area contributed by atoms with Crippen LogP contribution in [-0.4, -0.2) is 29.5 Å². The fraction of sp³-hybridized carbons (Fsp3) is 0.261. The minimum absolute atomic E-state index is 0.176. The van der Waals surface area contributed by atoms with Crippen molar-refractivity contribution in [2.45, 2.75) is 30.8 Å². The van der Waals surface area contributed by atoms with Crippen LogP contribution in [0.1, 0.15) is 34.8 Å². The van der Waals surface area contributed by atoms with Crippen molar-refractivity contribution in [2.24, 2.45) is 0 Å². The number of nitrogens with zero attached hydrogens (tertiary/aromatic N) is 3. The zero-order valence-electron chi connectivity index (χ0n) is 17.4. The summed E-state index contributed by atoms with van der Waals surface area (Å²) < 4.78 is 13.0. The van der Waals surface area contributed by atoms with Crippen molar-refractivity contribution in [3.8, 4) is 0 Å².